The Balaban J connectivity index is 0.000000542. The first-order valence-corrected chi connectivity index (χ1v) is 23.7. The summed E-state index contributed by atoms with van der Waals surface area (Å²) in [7, 11) is 0. The molecule has 2 aliphatic carbocycles. The monoisotopic (exact) mass is 973 g/mol. The highest BCUT2D eigenvalue weighted by atomic mass is 35.5. The first kappa shape index (κ1) is 57.7. The van der Waals surface area contributed by atoms with Crippen LogP contribution < -0.4 is 59.8 Å². The van der Waals surface area contributed by atoms with Crippen molar-refractivity contribution >= 4 is 53.3 Å². The van der Waals surface area contributed by atoms with E-state index in [1.807, 2.05) is 118 Å². The number of ketones is 1. The van der Waals surface area contributed by atoms with Crippen molar-refractivity contribution in [2.24, 2.45) is 50.9 Å². The quantitative estimate of drug-likeness (QED) is 0.126. The normalized spacial score (nSPS) is 20.9. The molecule has 68 heavy (non-hydrogen) atoms. The zero-order chi connectivity index (χ0) is 51.5. The molecule has 3 fully saturated rings. The number of hydrogen-bond acceptors (Lipinski definition) is 12. The van der Waals surface area contributed by atoms with Gasteiger partial charge in [-0.2, -0.15) is 0 Å². The van der Waals surface area contributed by atoms with Crippen LogP contribution in [0.1, 0.15) is 148 Å². The van der Waals surface area contributed by atoms with Crippen LogP contribution in [-0.2, 0) is 30.0 Å². The third-order valence-electron chi connectivity index (χ3n) is 14.1. The van der Waals surface area contributed by atoms with Gasteiger partial charge in [-0.1, -0.05) is 131 Å². The van der Waals surface area contributed by atoms with Gasteiger partial charge in [-0.25, -0.2) is 4.79 Å². The van der Waals surface area contributed by atoms with E-state index in [0.29, 0.717) is 36.3 Å². The molecule has 382 valence electrons. The van der Waals surface area contributed by atoms with Crippen LogP contribution >= 0.6 is 12.4 Å². The minimum atomic E-state index is -1.11. The molecule has 5 amide bonds. The highest BCUT2D eigenvalue weighted by Gasteiger charge is 2.70. The number of urea groups is 1. The largest absolute Gasteiger partial charge is 0.380 e. The second-order valence-corrected chi connectivity index (χ2v) is 25.2. The second-order valence-electron chi connectivity index (χ2n) is 25.2. The summed E-state index contributed by atoms with van der Waals surface area (Å²) in [6.45, 7) is 33.8. The number of rotatable bonds is 15. The van der Waals surface area contributed by atoms with Crippen LogP contribution in [-0.4, -0.2) is 84.3 Å². The number of piperidine rings is 1. The van der Waals surface area contributed by atoms with E-state index in [2.05, 4.69) is 26.6 Å². The molecular weight excluding hydrogens is 892 g/mol. The second kappa shape index (κ2) is 20.0. The van der Waals surface area contributed by atoms with Gasteiger partial charge in [0, 0.05) is 36.8 Å². The topological polar surface area (TPSA) is 269 Å². The Labute approximate surface area is 408 Å². The Morgan fingerprint density at radius 1 is 0.676 bits per heavy atom. The number of halogens is 1. The van der Waals surface area contributed by atoms with E-state index in [4.69, 9.17) is 11.5 Å². The van der Waals surface area contributed by atoms with E-state index in [-0.39, 0.29) is 70.1 Å². The van der Waals surface area contributed by atoms with Gasteiger partial charge >= 0.3 is 6.03 Å². The van der Waals surface area contributed by atoms with Gasteiger partial charge in [-0.3, -0.25) is 38.4 Å². The van der Waals surface area contributed by atoms with Crippen LogP contribution in [0, 0.1) is 39.4 Å². The summed E-state index contributed by atoms with van der Waals surface area (Å²) in [5.41, 5.74) is 8.89. The maximum Gasteiger partial charge on any atom is 0.315 e. The molecule has 3 aliphatic rings. The molecule has 1 aliphatic heterocycles. The summed E-state index contributed by atoms with van der Waals surface area (Å²) < 4.78 is 0. The number of likely N-dealkylation sites (tertiary alicyclic amines) is 1. The number of nitrogens with zero attached hydrogens (tertiary/aromatic N) is 1. The molecule has 2 aromatic carbocycles. The number of nitrogens with two attached hydrogens (primary N) is 2. The third kappa shape index (κ3) is 12.8. The van der Waals surface area contributed by atoms with Crippen LogP contribution in [0.2, 0.25) is 0 Å². The van der Waals surface area contributed by atoms with Crippen molar-refractivity contribution in [1.29, 1.82) is 0 Å². The Hall–Kier alpha value is -4.64. The number of Topliss-reactive ketones (excluding diaryl/α,β-unsaturated/α-hetero) is 1. The van der Waals surface area contributed by atoms with E-state index < -0.39 is 86.2 Å². The van der Waals surface area contributed by atoms with Crippen molar-refractivity contribution < 1.29 is 24.0 Å². The molecule has 1 unspecified atom stereocenters. The molecule has 2 aromatic rings. The summed E-state index contributed by atoms with van der Waals surface area (Å²) >= 11 is 0. The van der Waals surface area contributed by atoms with Crippen molar-refractivity contribution in [3.63, 3.8) is 0 Å². The lowest BCUT2D eigenvalue weighted by Crippen LogP contribution is -2.62. The summed E-state index contributed by atoms with van der Waals surface area (Å²) in [5, 5.41) is 14.7. The van der Waals surface area contributed by atoms with E-state index in [1.54, 1.807) is 0 Å². The van der Waals surface area contributed by atoms with E-state index in [1.165, 1.54) is 4.90 Å². The SMILES string of the molecule is CC(C)(C)c1c(NC[C@@H](N)C(C)(C)C)c(=O)c1=O.CC(C)(C)c1c(NC[C@@H](NC(=O)N[C@H](C(=O)N2C[C@H]3[C@@H]([C@H]2C(=O)NC(CC2CC2)C(=O)C(N)=O)C3(C)C)C(C)(C)C)C(C)(C)C)c(=O)c1=O.Cl. The highest BCUT2D eigenvalue weighted by molar-refractivity contribution is 6.37. The summed E-state index contributed by atoms with van der Waals surface area (Å²) in [5.74, 6) is -2.75. The number of hydrogen-bond donors (Lipinski definition) is 7. The van der Waals surface area contributed by atoms with Gasteiger partial charge in [0.2, 0.25) is 39.3 Å². The zero-order valence-corrected chi connectivity index (χ0v) is 44.4. The fourth-order valence-corrected chi connectivity index (χ4v) is 9.15. The van der Waals surface area contributed by atoms with Gasteiger partial charge in [0.25, 0.3) is 5.91 Å². The van der Waals surface area contributed by atoms with Gasteiger partial charge in [0.05, 0.1) is 23.5 Å². The average Bonchev–Trinajstić information content (AvgIpc) is 4.03. The lowest BCUT2D eigenvalue weighted by Gasteiger charge is -2.39. The molecular formula is C50H81ClN8O9. The van der Waals surface area contributed by atoms with Gasteiger partial charge < -0.3 is 43.0 Å². The lowest BCUT2D eigenvalue weighted by molar-refractivity contribution is -0.145. The molecule has 9 N–H and O–H groups in total. The number of carbonyl (C=O) groups is 5. The molecule has 18 heteroatoms. The zero-order valence-electron chi connectivity index (χ0n) is 43.5. The Bertz CT molecular complexity index is 2370. The van der Waals surface area contributed by atoms with Crippen molar-refractivity contribution in [1.82, 2.24) is 20.9 Å². The summed E-state index contributed by atoms with van der Waals surface area (Å²) in [4.78, 5) is 116. The van der Waals surface area contributed by atoms with Crippen molar-refractivity contribution in [2.75, 3.05) is 30.3 Å². The number of fused-ring (bicyclic) bond motifs is 1. The van der Waals surface area contributed by atoms with Gasteiger partial charge in [0.15, 0.2) is 0 Å². The van der Waals surface area contributed by atoms with Crippen LogP contribution in [0.25, 0.3) is 0 Å². The third-order valence-corrected chi connectivity index (χ3v) is 14.1. The van der Waals surface area contributed by atoms with Crippen molar-refractivity contribution in [3.05, 3.63) is 52.0 Å². The first-order chi connectivity index (χ1) is 30.2. The van der Waals surface area contributed by atoms with Crippen molar-refractivity contribution in [3.8, 4) is 0 Å². The van der Waals surface area contributed by atoms with Crippen LogP contribution in [0.15, 0.2) is 19.2 Å². The smallest absolute Gasteiger partial charge is 0.315 e. The Morgan fingerprint density at radius 3 is 1.54 bits per heavy atom. The summed E-state index contributed by atoms with van der Waals surface area (Å²) in [6, 6.07) is -4.14. The number of primary amides is 1. The standard InChI is InChI=1S/C36H56N6O7.C14H24N2O2.ClH/c1-33(2,3)20(15-38-23-22(34(4,5)6)26(44)27(23)45)40-32(49)41-28(35(7,8)9)31(48)42-16-18-21(36(18,10)11)24(42)30(47)39-19(14-17-12-13-17)25(43)29(37)46;1-13(2,3)8(15)7-16-10-9(14(4,5)6)11(17)12(10)18;/h17-21,24,28,38H,12-16H2,1-11H3,(H2,37,46)(H,39,47)(H2,40,41,49);8,16H,7,15H2,1-6H3;1H/t18-,19?,20+,21-,24-,28+;8-;/m01./s1. The van der Waals surface area contributed by atoms with Crippen molar-refractivity contribution in [2.45, 2.75) is 178 Å². The van der Waals surface area contributed by atoms with E-state index in [0.717, 1.165) is 12.8 Å². The minimum Gasteiger partial charge on any atom is -0.380 e. The van der Waals surface area contributed by atoms with Crippen LogP contribution in [0.5, 0.6) is 0 Å². The number of anilines is 2. The Morgan fingerprint density at radius 2 is 1.15 bits per heavy atom. The Kier molecular flexibility index (Phi) is 17.0. The highest BCUT2D eigenvalue weighted by Crippen LogP contribution is 2.65. The van der Waals surface area contributed by atoms with Crippen LogP contribution in [0.3, 0.4) is 0 Å². The fourth-order valence-electron chi connectivity index (χ4n) is 9.15. The fraction of sp³-hybridized carbons (Fsp3) is 0.740. The molecule has 0 aromatic heterocycles. The molecule has 17 nitrogen and oxygen atoms in total. The van der Waals surface area contributed by atoms with E-state index in [9.17, 15) is 43.2 Å². The lowest BCUT2D eigenvalue weighted by atomic mass is 9.82. The molecule has 1 heterocycles. The molecule has 5 rings (SSSR count). The molecule has 0 spiro atoms. The predicted octanol–water partition coefficient (Wildman–Crippen LogP) is 3.73. The van der Waals surface area contributed by atoms with Gasteiger partial charge in [-0.15, -0.1) is 12.4 Å². The molecule has 1 saturated heterocycles. The molecule has 2 saturated carbocycles. The molecule has 7 atom stereocenters. The average molecular weight is 974 g/mol. The maximum atomic E-state index is 14.4. The minimum absolute atomic E-state index is 0. The number of nitrogens with one attached hydrogen (secondary N) is 5. The number of amides is 5. The molecule has 0 radical (unpaired) electrons. The summed E-state index contributed by atoms with van der Waals surface area (Å²) in [6.07, 6.45) is 2.14. The van der Waals surface area contributed by atoms with E-state index >= 15 is 0 Å². The maximum absolute atomic E-state index is 14.4. The van der Waals surface area contributed by atoms with Gasteiger partial charge in [0.1, 0.15) is 12.1 Å². The predicted molar refractivity (Wildman–Crippen MR) is 270 cm³/mol. The molecule has 0 bridgehead atoms. The first-order valence-electron chi connectivity index (χ1n) is 23.7. The number of carbonyl (C=O) groups excluding carboxylic acids is 5. The van der Waals surface area contributed by atoms with Crippen LogP contribution in [0.4, 0.5) is 16.2 Å². The van der Waals surface area contributed by atoms with Gasteiger partial charge in [-0.05, 0) is 56.7 Å².